The van der Waals surface area contributed by atoms with Crippen LogP contribution in [0.5, 0.6) is 0 Å². The van der Waals surface area contributed by atoms with E-state index in [0.29, 0.717) is 65.8 Å². The first-order valence-electron chi connectivity index (χ1n) is 8.03. The van der Waals surface area contributed by atoms with Crippen molar-refractivity contribution in [3.8, 4) is 0 Å². The van der Waals surface area contributed by atoms with Gasteiger partial charge in [-0.3, -0.25) is 0 Å². The van der Waals surface area contributed by atoms with Crippen molar-refractivity contribution < 1.29 is 33.6 Å². The van der Waals surface area contributed by atoms with Gasteiger partial charge < -0.3 is 34.1 Å². The number of hydrogen-bond acceptors (Lipinski definition) is 7. The first-order valence-corrected chi connectivity index (χ1v) is 8.03. The van der Waals surface area contributed by atoms with Gasteiger partial charge in [0.25, 0.3) is 0 Å². The van der Waals surface area contributed by atoms with E-state index in [9.17, 15) is 4.79 Å². The summed E-state index contributed by atoms with van der Waals surface area (Å²) in [6.45, 7) is 8.10. The Bertz CT molecular complexity index is 264. The topological polar surface area (TPSA) is 95.5 Å². The summed E-state index contributed by atoms with van der Waals surface area (Å²) < 4.78 is 26.0. The van der Waals surface area contributed by atoms with E-state index in [-0.39, 0.29) is 12.7 Å². The molecule has 0 radical (unpaired) electrons. The molecule has 0 aromatic heterocycles. The third-order valence-electron chi connectivity index (χ3n) is 2.42. The van der Waals surface area contributed by atoms with Crippen molar-refractivity contribution >= 4 is 6.09 Å². The quantitative estimate of drug-likeness (QED) is 0.398. The van der Waals surface area contributed by atoms with Crippen LogP contribution in [-0.2, 0) is 23.7 Å². The minimum atomic E-state index is -0.433. The zero-order chi connectivity index (χ0) is 17.2. The highest BCUT2D eigenvalue weighted by Gasteiger charge is 2.02. The van der Waals surface area contributed by atoms with E-state index in [0.717, 1.165) is 0 Å². The van der Waals surface area contributed by atoms with Crippen molar-refractivity contribution in [1.82, 2.24) is 5.32 Å². The Morgan fingerprint density at radius 1 is 0.870 bits per heavy atom. The molecule has 1 amide bonds. The first kappa shape index (κ1) is 22.1. The Labute approximate surface area is 138 Å². The fourth-order valence-electron chi connectivity index (χ4n) is 1.41. The Hall–Kier alpha value is -0.930. The van der Waals surface area contributed by atoms with Crippen molar-refractivity contribution in [2.75, 3.05) is 66.0 Å². The highest BCUT2D eigenvalue weighted by molar-refractivity contribution is 5.67. The third-order valence-corrected chi connectivity index (χ3v) is 2.42. The Balaban J connectivity index is 3.06. The number of rotatable bonds is 16. The number of aliphatic hydroxyl groups excluding tert-OH is 1. The summed E-state index contributed by atoms with van der Waals surface area (Å²) in [7, 11) is 0. The van der Waals surface area contributed by atoms with E-state index in [4.69, 9.17) is 28.8 Å². The molecule has 0 bridgehead atoms. The molecule has 8 nitrogen and oxygen atoms in total. The number of aliphatic hydroxyl groups is 1. The molecule has 0 aromatic rings. The smallest absolute Gasteiger partial charge is 0.407 e. The molecule has 0 unspecified atom stereocenters. The molecule has 0 aliphatic heterocycles. The molecule has 0 aliphatic rings. The molecule has 0 heterocycles. The SMILES string of the molecule is CC(C)OC(=O)NCCOCCOCCOCCOCCCO. The number of alkyl carbamates (subject to hydrolysis) is 1. The fourth-order valence-corrected chi connectivity index (χ4v) is 1.41. The summed E-state index contributed by atoms with van der Waals surface area (Å²) in [5, 5.41) is 11.1. The lowest BCUT2D eigenvalue weighted by molar-refractivity contribution is -0.00265. The molecule has 0 fully saturated rings. The maximum absolute atomic E-state index is 11.1. The third kappa shape index (κ3) is 19.0. The molecular weight excluding hydrogens is 306 g/mol. The highest BCUT2D eigenvalue weighted by Crippen LogP contribution is 1.88. The molecule has 0 saturated heterocycles. The van der Waals surface area contributed by atoms with Crippen molar-refractivity contribution in [3.05, 3.63) is 0 Å². The molecule has 23 heavy (non-hydrogen) atoms. The van der Waals surface area contributed by atoms with Crippen molar-refractivity contribution in [2.45, 2.75) is 26.4 Å². The van der Waals surface area contributed by atoms with Gasteiger partial charge in [0.1, 0.15) is 0 Å². The van der Waals surface area contributed by atoms with Gasteiger partial charge in [0.2, 0.25) is 0 Å². The van der Waals surface area contributed by atoms with Crippen LogP contribution in [0.25, 0.3) is 0 Å². The van der Waals surface area contributed by atoms with Gasteiger partial charge >= 0.3 is 6.09 Å². The molecule has 138 valence electrons. The monoisotopic (exact) mass is 337 g/mol. The number of ether oxygens (including phenoxy) is 5. The van der Waals surface area contributed by atoms with Crippen molar-refractivity contribution in [2.24, 2.45) is 0 Å². The predicted octanol–water partition coefficient (Wildman–Crippen LogP) is 0.570. The zero-order valence-corrected chi connectivity index (χ0v) is 14.3. The van der Waals surface area contributed by atoms with Crippen LogP contribution in [0.1, 0.15) is 20.3 Å². The molecule has 2 N–H and O–H groups in total. The second-order valence-corrected chi connectivity index (χ2v) is 4.91. The van der Waals surface area contributed by atoms with Crippen LogP contribution in [-0.4, -0.2) is 83.3 Å². The Kier molecular flexibility index (Phi) is 16.7. The van der Waals surface area contributed by atoms with E-state index < -0.39 is 6.09 Å². The maximum atomic E-state index is 11.1. The Morgan fingerprint density at radius 3 is 1.83 bits per heavy atom. The van der Waals surface area contributed by atoms with Gasteiger partial charge in [-0.2, -0.15) is 0 Å². The van der Waals surface area contributed by atoms with Crippen LogP contribution < -0.4 is 5.32 Å². The maximum Gasteiger partial charge on any atom is 0.407 e. The molecule has 0 aromatic carbocycles. The van der Waals surface area contributed by atoms with Crippen LogP contribution in [0, 0.1) is 0 Å². The average molecular weight is 337 g/mol. The lowest BCUT2D eigenvalue weighted by Crippen LogP contribution is -2.30. The predicted molar refractivity (Wildman–Crippen MR) is 84.6 cm³/mol. The van der Waals surface area contributed by atoms with Gasteiger partial charge in [0, 0.05) is 19.8 Å². The Morgan fingerprint density at radius 2 is 1.35 bits per heavy atom. The lowest BCUT2D eigenvalue weighted by atomic mass is 10.5. The number of hydrogen-bond donors (Lipinski definition) is 2. The number of amides is 1. The van der Waals surface area contributed by atoms with Crippen LogP contribution in [0.15, 0.2) is 0 Å². The normalized spacial score (nSPS) is 11.0. The fraction of sp³-hybridized carbons (Fsp3) is 0.933. The minimum Gasteiger partial charge on any atom is -0.447 e. The van der Waals surface area contributed by atoms with Gasteiger partial charge in [-0.25, -0.2) is 4.79 Å². The van der Waals surface area contributed by atoms with E-state index in [1.54, 1.807) is 13.8 Å². The first-order chi connectivity index (χ1) is 11.2. The molecule has 0 spiro atoms. The molecule has 0 aliphatic carbocycles. The molecule has 8 heteroatoms. The van der Waals surface area contributed by atoms with Crippen LogP contribution >= 0.6 is 0 Å². The lowest BCUT2D eigenvalue weighted by Gasteiger charge is -2.10. The van der Waals surface area contributed by atoms with E-state index in [1.165, 1.54) is 0 Å². The largest absolute Gasteiger partial charge is 0.447 e. The second kappa shape index (κ2) is 17.4. The van der Waals surface area contributed by atoms with Gasteiger partial charge in [0.05, 0.1) is 52.4 Å². The number of carbonyl (C=O) groups excluding carboxylic acids is 1. The summed E-state index contributed by atoms with van der Waals surface area (Å²) in [4.78, 5) is 11.1. The van der Waals surface area contributed by atoms with E-state index in [2.05, 4.69) is 5.32 Å². The van der Waals surface area contributed by atoms with Gasteiger partial charge in [-0.05, 0) is 20.3 Å². The van der Waals surface area contributed by atoms with Gasteiger partial charge in [-0.15, -0.1) is 0 Å². The summed E-state index contributed by atoms with van der Waals surface area (Å²) in [5.74, 6) is 0. The summed E-state index contributed by atoms with van der Waals surface area (Å²) in [5.41, 5.74) is 0. The zero-order valence-electron chi connectivity index (χ0n) is 14.3. The minimum absolute atomic E-state index is 0.126. The molecule has 0 rings (SSSR count). The van der Waals surface area contributed by atoms with Gasteiger partial charge in [0.15, 0.2) is 0 Å². The van der Waals surface area contributed by atoms with Crippen LogP contribution in [0.2, 0.25) is 0 Å². The summed E-state index contributed by atoms with van der Waals surface area (Å²) in [6.07, 6.45) is 0.0911. The van der Waals surface area contributed by atoms with Gasteiger partial charge in [-0.1, -0.05) is 0 Å². The second-order valence-electron chi connectivity index (χ2n) is 4.91. The summed E-state index contributed by atoms with van der Waals surface area (Å²) >= 11 is 0. The van der Waals surface area contributed by atoms with E-state index >= 15 is 0 Å². The summed E-state index contributed by atoms with van der Waals surface area (Å²) in [6, 6.07) is 0. The van der Waals surface area contributed by atoms with Crippen LogP contribution in [0.4, 0.5) is 4.79 Å². The van der Waals surface area contributed by atoms with Crippen molar-refractivity contribution in [1.29, 1.82) is 0 Å². The number of carbonyl (C=O) groups is 1. The highest BCUT2D eigenvalue weighted by atomic mass is 16.6. The molecule has 0 atom stereocenters. The molecule has 0 saturated carbocycles. The van der Waals surface area contributed by atoms with E-state index in [1.807, 2.05) is 0 Å². The number of nitrogens with one attached hydrogen (secondary N) is 1. The molecular formula is C15H31NO7. The standard InChI is InChI=1S/C15H31NO7/c1-14(2)23-15(18)16-4-7-20-9-11-22-13-12-21-10-8-19-6-3-5-17/h14,17H,3-13H2,1-2H3,(H,16,18). The average Bonchev–Trinajstić information content (AvgIpc) is 2.50. The van der Waals surface area contributed by atoms with Crippen molar-refractivity contribution in [3.63, 3.8) is 0 Å². The van der Waals surface area contributed by atoms with Crippen LogP contribution in [0.3, 0.4) is 0 Å².